The van der Waals surface area contributed by atoms with Crippen molar-refractivity contribution in [2.45, 2.75) is 162 Å². The highest BCUT2D eigenvalue weighted by Gasteiger charge is 2.77. The lowest BCUT2D eigenvalue weighted by molar-refractivity contribution is -0.376. The molecule has 5 aliphatic rings. The predicted molar refractivity (Wildman–Crippen MR) is 184 cm³/mol. The van der Waals surface area contributed by atoms with E-state index in [-0.39, 0.29) is 24.9 Å². The Morgan fingerprint density at radius 3 is 2.25 bits per heavy atom. The van der Waals surface area contributed by atoms with Crippen molar-refractivity contribution >= 4 is 18.0 Å². The van der Waals surface area contributed by atoms with Crippen molar-refractivity contribution in [2.75, 3.05) is 6.61 Å². The van der Waals surface area contributed by atoms with E-state index in [0.717, 1.165) is 0 Å². The molecule has 4 fully saturated rings. The first-order chi connectivity index (χ1) is 23.4. The van der Waals surface area contributed by atoms with Crippen LogP contribution in [0.4, 0.5) is 4.79 Å². The molecule has 0 aromatic heterocycles. The van der Waals surface area contributed by atoms with Crippen LogP contribution in [-0.2, 0) is 38.0 Å². The maximum atomic E-state index is 13.8. The van der Waals surface area contributed by atoms with Gasteiger partial charge in [-0.2, -0.15) is 0 Å². The fraction of sp³-hybridized carbons (Fsp3) is 0.816. The highest BCUT2D eigenvalue weighted by atomic mass is 16.7. The van der Waals surface area contributed by atoms with E-state index < -0.39 is 100 Å². The van der Waals surface area contributed by atoms with Crippen LogP contribution >= 0.6 is 0 Å². The van der Waals surface area contributed by atoms with Crippen molar-refractivity contribution < 1.29 is 58.1 Å². The van der Waals surface area contributed by atoms with Gasteiger partial charge in [-0.1, -0.05) is 34.3 Å². The fourth-order valence-corrected chi connectivity index (χ4v) is 9.96. The highest BCUT2D eigenvalue weighted by Crippen LogP contribution is 2.70. The average Bonchev–Trinajstić information content (AvgIpc) is 3.25. The summed E-state index contributed by atoms with van der Waals surface area (Å²) < 4.78 is 36.7. The Bertz CT molecular complexity index is 1430. The maximum absolute atomic E-state index is 13.8. The van der Waals surface area contributed by atoms with Crippen molar-refractivity contribution in [3.8, 4) is 0 Å². The summed E-state index contributed by atoms with van der Waals surface area (Å²) in [7, 11) is 0. The molecule has 0 unspecified atom stereocenters. The first-order valence-electron chi connectivity index (χ1n) is 18.1. The Kier molecular flexibility index (Phi) is 10.4. The molecule has 288 valence electrons. The molecule has 0 radical (unpaired) electrons. The van der Waals surface area contributed by atoms with Gasteiger partial charge in [0.2, 0.25) is 0 Å². The molecule has 2 saturated carbocycles. The van der Waals surface area contributed by atoms with Crippen LogP contribution in [0.15, 0.2) is 23.8 Å². The van der Waals surface area contributed by atoms with Gasteiger partial charge in [0.25, 0.3) is 0 Å². The van der Waals surface area contributed by atoms with Gasteiger partial charge < -0.3 is 49.1 Å². The number of rotatable bonds is 9. The molecule has 2 heterocycles. The van der Waals surface area contributed by atoms with E-state index in [2.05, 4.69) is 18.8 Å². The predicted octanol–water partition coefficient (Wildman–Crippen LogP) is 3.71. The van der Waals surface area contributed by atoms with E-state index in [1.807, 2.05) is 20.8 Å². The van der Waals surface area contributed by atoms with Crippen molar-refractivity contribution in [1.82, 2.24) is 5.32 Å². The number of nitrogens with one attached hydrogen (secondary N) is 1. The summed E-state index contributed by atoms with van der Waals surface area (Å²) >= 11 is 0. The minimum atomic E-state index is -1.77. The number of esters is 2. The SMILES string of the molecule is C=C[C@H]1O[C@H]2C[C@H]3OC[C@@]3(C)[C@H]3[C@H](O)[C@]4(C(C)(C)O)C[C@H](OC(=O)[C@H](O)[C@H](CC(C)C)NC(=O)OC(C)(C)C)C(C)=C4[C@H](OC(C)=O)[C@H](O1)[C@]23C. The maximum Gasteiger partial charge on any atom is 0.407 e. The number of aliphatic hydroxyl groups excluding tert-OH is 2. The minimum absolute atomic E-state index is 0.0133. The van der Waals surface area contributed by atoms with Crippen LogP contribution in [0.25, 0.3) is 0 Å². The lowest BCUT2D eigenvalue weighted by atomic mass is 9.46. The van der Waals surface area contributed by atoms with E-state index in [4.69, 9.17) is 28.4 Å². The van der Waals surface area contributed by atoms with Crippen molar-refractivity contribution in [3.63, 3.8) is 0 Å². The standard InChI is InChI=1S/C38H59NO12/c1-13-25-49-24-15-23-36(11,17-46-23)29-30(42)38(35(9,10)45)16-22(19(4)26(38)28(47-20(5)40)31(50-25)37(24,29)12)48-32(43)27(41)21(14-18(2)3)39-33(44)51-34(6,7)8/h13,18,21-25,27-31,41-42,45H,1,14-17H2,2-12H3,(H,39,44)/t21-,22-,23+,24-,25-,27+,28-,29+,30-,31-,36+,37+,38-/m0/s1. The number of amides is 1. The Morgan fingerprint density at radius 2 is 1.75 bits per heavy atom. The molecular formula is C38H59NO12. The molecule has 13 atom stereocenters. The summed E-state index contributed by atoms with van der Waals surface area (Å²) in [4.78, 5) is 39.5. The zero-order valence-electron chi connectivity index (χ0n) is 32.0. The quantitative estimate of drug-likeness (QED) is 0.154. The van der Waals surface area contributed by atoms with Crippen LogP contribution in [0.1, 0.15) is 95.4 Å². The summed E-state index contributed by atoms with van der Waals surface area (Å²) in [6.07, 6.45) is -6.24. The molecule has 0 bridgehead atoms. The lowest BCUT2D eigenvalue weighted by Crippen LogP contribution is -2.74. The average molecular weight is 722 g/mol. The highest BCUT2D eigenvalue weighted by molar-refractivity contribution is 5.77. The summed E-state index contributed by atoms with van der Waals surface area (Å²) in [5, 5.41) is 39.3. The minimum Gasteiger partial charge on any atom is -0.456 e. The van der Waals surface area contributed by atoms with Gasteiger partial charge in [0, 0.05) is 36.5 Å². The molecule has 0 spiro atoms. The molecule has 51 heavy (non-hydrogen) atoms. The number of aliphatic hydroxyl groups is 3. The van der Waals surface area contributed by atoms with Gasteiger partial charge in [0.15, 0.2) is 18.5 Å². The van der Waals surface area contributed by atoms with Gasteiger partial charge in [-0.3, -0.25) is 4.79 Å². The van der Waals surface area contributed by atoms with Crippen molar-refractivity contribution in [3.05, 3.63) is 23.8 Å². The van der Waals surface area contributed by atoms with E-state index in [9.17, 15) is 29.7 Å². The summed E-state index contributed by atoms with van der Waals surface area (Å²) in [5.41, 5.74) is -4.63. The Morgan fingerprint density at radius 1 is 1.10 bits per heavy atom. The third-order valence-electron chi connectivity index (χ3n) is 12.2. The van der Waals surface area contributed by atoms with Crippen LogP contribution in [0, 0.1) is 28.1 Å². The van der Waals surface area contributed by atoms with Gasteiger partial charge in [0.05, 0.1) is 42.0 Å². The molecule has 13 nitrogen and oxygen atoms in total. The second-order valence-corrected chi connectivity index (χ2v) is 17.7. The number of carbonyl (C=O) groups excluding carboxylic acids is 3. The zero-order chi connectivity index (χ0) is 38.2. The first kappa shape index (κ1) is 39.7. The molecule has 5 rings (SSSR count). The van der Waals surface area contributed by atoms with Crippen molar-refractivity contribution in [2.24, 2.45) is 28.1 Å². The molecule has 0 aromatic rings. The van der Waals surface area contributed by atoms with Crippen molar-refractivity contribution in [1.29, 1.82) is 0 Å². The van der Waals surface area contributed by atoms with Crippen LogP contribution in [0.5, 0.6) is 0 Å². The van der Waals surface area contributed by atoms with Crippen LogP contribution in [-0.4, -0.2) is 106 Å². The smallest absolute Gasteiger partial charge is 0.407 e. The number of ether oxygens (including phenoxy) is 6. The van der Waals surface area contributed by atoms with Gasteiger partial charge in [-0.15, -0.1) is 0 Å². The van der Waals surface area contributed by atoms with E-state index >= 15 is 0 Å². The summed E-state index contributed by atoms with van der Waals surface area (Å²) in [6.45, 7) is 23.4. The number of hydrogen-bond acceptors (Lipinski definition) is 12. The van der Waals surface area contributed by atoms with Crippen LogP contribution < -0.4 is 5.32 Å². The van der Waals surface area contributed by atoms with Crippen LogP contribution in [0.2, 0.25) is 0 Å². The normalized spacial score (nSPS) is 40.1. The Labute approximate surface area is 301 Å². The third kappa shape index (κ3) is 6.54. The molecule has 3 aliphatic carbocycles. The van der Waals surface area contributed by atoms with E-state index in [1.165, 1.54) is 13.0 Å². The number of carbonyl (C=O) groups is 3. The lowest BCUT2D eigenvalue weighted by Gasteiger charge is -2.67. The number of alkyl carbamates (subject to hydrolysis) is 1. The molecule has 1 amide bonds. The second kappa shape index (κ2) is 13.4. The zero-order valence-corrected chi connectivity index (χ0v) is 32.0. The number of hydrogen-bond donors (Lipinski definition) is 4. The molecule has 13 heteroatoms. The molecule has 4 N–H and O–H groups in total. The molecular weight excluding hydrogens is 662 g/mol. The van der Waals surface area contributed by atoms with Gasteiger partial charge in [-0.05, 0) is 71.1 Å². The molecule has 0 aromatic carbocycles. The monoisotopic (exact) mass is 721 g/mol. The van der Waals surface area contributed by atoms with Gasteiger partial charge in [-0.25, -0.2) is 9.59 Å². The Balaban J connectivity index is 1.61. The van der Waals surface area contributed by atoms with Gasteiger partial charge in [0.1, 0.15) is 17.8 Å². The fourth-order valence-electron chi connectivity index (χ4n) is 9.96. The largest absolute Gasteiger partial charge is 0.456 e. The van der Waals surface area contributed by atoms with E-state index in [1.54, 1.807) is 41.5 Å². The third-order valence-corrected chi connectivity index (χ3v) is 12.2. The summed E-state index contributed by atoms with van der Waals surface area (Å²) in [6, 6.07) is -1.03. The topological polar surface area (TPSA) is 179 Å². The molecule has 2 saturated heterocycles. The Hall–Kier alpha value is -2.55. The molecule has 2 aliphatic heterocycles. The number of fused-ring (bicyclic) bond motifs is 3. The summed E-state index contributed by atoms with van der Waals surface area (Å²) in [5.74, 6) is -2.21. The van der Waals surface area contributed by atoms with Gasteiger partial charge >= 0.3 is 18.0 Å². The first-order valence-corrected chi connectivity index (χ1v) is 18.1. The second-order valence-electron chi connectivity index (χ2n) is 17.7. The van der Waals surface area contributed by atoms with E-state index in [0.29, 0.717) is 24.2 Å². The van der Waals surface area contributed by atoms with Crippen LogP contribution in [0.3, 0.4) is 0 Å².